The predicted octanol–water partition coefficient (Wildman–Crippen LogP) is 5.21. The van der Waals surface area contributed by atoms with Crippen LogP contribution in [0.5, 0.6) is 5.75 Å². The molecule has 0 bridgehead atoms. The normalized spacial score (nSPS) is 15.4. The maximum atomic E-state index is 13.0. The van der Waals surface area contributed by atoms with E-state index in [1.165, 1.54) is 11.3 Å². The summed E-state index contributed by atoms with van der Waals surface area (Å²) >= 11 is 7.07. The van der Waals surface area contributed by atoms with E-state index in [0.29, 0.717) is 40.3 Å². The molecule has 166 valence electrons. The van der Waals surface area contributed by atoms with E-state index >= 15 is 0 Å². The third-order valence-corrected chi connectivity index (χ3v) is 6.24. The Morgan fingerprint density at radius 3 is 2.72 bits per heavy atom. The number of carbonyl (C=O) groups excluding carboxylic acids is 2. The van der Waals surface area contributed by atoms with Crippen LogP contribution in [-0.4, -0.2) is 40.2 Å². The molecule has 0 aliphatic carbocycles. The van der Waals surface area contributed by atoms with Crippen LogP contribution < -0.4 is 15.4 Å². The molecule has 0 saturated carbocycles. The quantitative estimate of drug-likeness (QED) is 0.514. The standard InChI is InChI=1S/C22H22ClN5O3S/c1-2-31-18-8-4-3-6-16(18)25-22(30)28-13-5-7-17(28)20-26-27-21(32-20)19(29)24-15-11-9-14(23)10-12-15/h3-4,6,8-12,17H,2,5,7,13H2,1H3,(H,24,29)(H,25,30). The number of aromatic nitrogens is 2. The smallest absolute Gasteiger partial charge is 0.322 e. The monoisotopic (exact) mass is 471 g/mol. The Morgan fingerprint density at radius 1 is 1.16 bits per heavy atom. The Bertz CT molecular complexity index is 1100. The minimum absolute atomic E-state index is 0.233. The zero-order chi connectivity index (χ0) is 22.5. The summed E-state index contributed by atoms with van der Waals surface area (Å²) in [6.45, 7) is 3.00. The zero-order valence-electron chi connectivity index (χ0n) is 17.4. The van der Waals surface area contributed by atoms with Crippen molar-refractivity contribution in [2.45, 2.75) is 25.8 Å². The summed E-state index contributed by atoms with van der Waals surface area (Å²) in [5, 5.41) is 15.4. The van der Waals surface area contributed by atoms with Gasteiger partial charge in [-0.15, -0.1) is 10.2 Å². The van der Waals surface area contributed by atoms with Gasteiger partial charge in [0, 0.05) is 17.3 Å². The lowest BCUT2D eigenvalue weighted by Crippen LogP contribution is -2.34. The summed E-state index contributed by atoms with van der Waals surface area (Å²) in [4.78, 5) is 27.3. The molecule has 0 radical (unpaired) electrons. The molecule has 1 saturated heterocycles. The largest absolute Gasteiger partial charge is 0.492 e. The average molecular weight is 472 g/mol. The van der Waals surface area contributed by atoms with E-state index in [1.54, 1.807) is 35.2 Å². The van der Waals surface area contributed by atoms with Gasteiger partial charge in [-0.25, -0.2) is 4.79 Å². The van der Waals surface area contributed by atoms with Crippen molar-refractivity contribution >= 4 is 46.3 Å². The van der Waals surface area contributed by atoms with Gasteiger partial charge in [0.15, 0.2) is 0 Å². The predicted molar refractivity (Wildman–Crippen MR) is 125 cm³/mol. The number of benzene rings is 2. The number of para-hydroxylation sites is 2. The van der Waals surface area contributed by atoms with E-state index in [9.17, 15) is 9.59 Å². The molecule has 2 aromatic carbocycles. The number of nitrogens with one attached hydrogen (secondary N) is 2. The number of rotatable bonds is 6. The molecule has 1 aliphatic heterocycles. The molecule has 3 aromatic rings. The van der Waals surface area contributed by atoms with Gasteiger partial charge in [-0.1, -0.05) is 35.1 Å². The van der Waals surface area contributed by atoms with Crippen LogP contribution in [0.4, 0.5) is 16.2 Å². The maximum Gasteiger partial charge on any atom is 0.322 e. The second-order valence-electron chi connectivity index (χ2n) is 7.12. The molecule has 1 aromatic heterocycles. The van der Waals surface area contributed by atoms with Crippen LogP contribution in [0, 0.1) is 0 Å². The summed E-state index contributed by atoms with van der Waals surface area (Å²) in [5.74, 6) is 0.270. The van der Waals surface area contributed by atoms with Crippen LogP contribution in [0.25, 0.3) is 0 Å². The summed E-state index contributed by atoms with van der Waals surface area (Å²) in [6.07, 6.45) is 1.60. The second-order valence-corrected chi connectivity index (χ2v) is 8.56. The minimum Gasteiger partial charge on any atom is -0.492 e. The molecular formula is C22H22ClN5O3S. The van der Waals surface area contributed by atoms with Crippen molar-refractivity contribution in [3.05, 3.63) is 63.6 Å². The fourth-order valence-electron chi connectivity index (χ4n) is 3.48. The molecule has 1 unspecified atom stereocenters. The van der Waals surface area contributed by atoms with Gasteiger partial charge < -0.3 is 20.3 Å². The fourth-order valence-corrected chi connectivity index (χ4v) is 4.50. The van der Waals surface area contributed by atoms with Gasteiger partial charge in [0.05, 0.1) is 18.3 Å². The van der Waals surface area contributed by atoms with Crippen molar-refractivity contribution in [2.75, 3.05) is 23.8 Å². The van der Waals surface area contributed by atoms with Gasteiger partial charge >= 0.3 is 6.03 Å². The first-order chi connectivity index (χ1) is 15.5. The Balaban J connectivity index is 1.44. The summed E-state index contributed by atoms with van der Waals surface area (Å²) < 4.78 is 5.59. The molecule has 2 N–H and O–H groups in total. The van der Waals surface area contributed by atoms with Gasteiger partial charge in [-0.05, 0) is 56.2 Å². The number of nitrogens with zero attached hydrogens (tertiary/aromatic N) is 3. The summed E-state index contributed by atoms with van der Waals surface area (Å²) in [5.41, 5.74) is 1.23. The van der Waals surface area contributed by atoms with Gasteiger partial charge in [-0.3, -0.25) is 4.79 Å². The number of urea groups is 1. The molecule has 2 heterocycles. The Morgan fingerprint density at radius 2 is 1.94 bits per heavy atom. The van der Waals surface area contributed by atoms with E-state index in [4.69, 9.17) is 16.3 Å². The van der Waals surface area contributed by atoms with Crippen molar-refractivity contribution in [1.29, 1.82) is 0 Å². The Kier molecular flexibility index (Phi) is 6.87. The minimum atomic E-state index is -0.351. The van der Waals surface area contributed by atoms with Crippen LogP contribution in [0.15, 0.2) is 48.5 Å². The molecule has 32 heavy (non-hydrogen) atoms. The molecule has 4 rings (SSSR count). The molecule has 1 atom stereocenters. The second kappa shape index (κ2) is 9.97. The number of hydrogen-bond donors (Lipinski definition) is 2. The lowest BCUT2D eigenvalue weighted by Gasteiger charge is -2.23. The molecule has 0 spiro atoms. The number of likely N-dealkylation sites (tertiary alicyclic amines) is 1. The van der Waals surface area contributed by atoms with Crippen molar-refractivity contribution in [3.63, 3.8) is 0 Å². The first-order valence-corrected chi connectivity index (χ1v) is 11.4. The lowest BCUT2D eigenvalue weighted by molar-refractivity contribution is 0.102. The van der Waals surface area contributed by atoms with E-state index in [2.05, 4.69) is 20.8 Å². The number of hydrogen-bond acceptors (Lipinski definition) is 6. The third-order valence-electron chi connectivity index (χ3n) is 4.96. The first kappa shape index (κ1) is 22.0. The number of amides is 3. The van der Waals surface area contributed by atoms with Gasteiger partial charge in [0.25, 0.3) is 5.91 Å². The molecule has 3 amide bonds. The average Bonchev–Trinajstić information content (AvgIpc) is 3.46. The van der Waals surface area contributed by atoms with Crippen molar-refractivity contribution in [1.82, 2.24) is 15.1 Å². The third kappa shape index (κ3) is 5.00. The molecular weight excluding hydrogens is 450 g/mol. The molecule has 8 nitrogen and oxygen atoms in total. The SMILES string of the molecule is CCOc1ccccc1NC(=O)N1CCCC1c1nnc(C(=O)Nc2ccc(Cl)cc2)s1. The molecule has 1 aliphatic rings. The topological polar surface area (TPSA) is 96.4 Å². The highest BCUT2D eigenvalue weighted by atomic mass is 35.5. The van der Waals surface area contributed by atoms with Crippen molar-refractivity contribution in [2.24, 2.45) is 0 Å². The van der Waals surface area contributed by atoms with Crippen LogP contribution in [0.3, 0.4) is 0 Å². The number of halogens is 1. The number of anilines is 2. The van der Waals surface area contributed by atoms with Gasteiger partial charge in [0.2, 0.25) is 5.01 Å². The van der Waals surface area contributed by atoms with Crippen LogP contribution >= 0.6 is 22.9 Å². The first-order valence-electron chi connectivity index (χ1n) is 10.2. The molecule has 10 heteroatoms. The number of ether oxygens (including phenoxy) is 1. The van der Waals surface area contributed by atoms with Crippen LogP contribution in [0.1, 0.15) is 40.6 Å². The Labute approximate surface area is 194 Å². The summed E-state index contributed by atoms with van der Waals surface area (Å²) in [6, 6.07) is 13.7. The van der Waals surface area contributed by atoms with Crippen LogP contribution in [0.2, 0.25) is 5.02 Å². The highest BCUT2D eigenvalue weighted by Crippen LogP contribution is 2.35. The van der Waals surface area contributed by atoms with Crippen molar-refractivity contribution in [3.8, 4) is 5.75 Å². The van der Waals surface area contributed by atoms with Gasteiger partial charge in [-0.2, -0.15) is 0 Å². The van der Waals surface area contributed by atoms with Gasteiger partial charge in [0.1, 0.15) is 10.8 Å². The highest BCUT2D eigenvalue weighted by Gasteiger charge is 2.33. The van der Waals surface area contributed by atoms with E-state index < -0.39 is 0 Å². The lowest BCUT2D eigenvalue weighted by atomic mass is 10.2. The maximum absolute atomic E-state index is 13.0. The fraction of sp³-hybridized carbons (Fsp3) is 0.273. The zero-order valence-corrected chi connectivity index (χ0v) is 18.9. The highest BCUT2D eigenvalue weighted by molar-refractivity contribution is 7.13. The van der Waals surface area contributed by atoms with E-state index in [1.807, 2.05) is 25.1 Å². The van der Waals surface area contributed by atoms with E-state index in [-0.39, 0.29) is 23.0 Å². The van der Waals surface area contributed by atoms with E-state index in [0.717, 1.165) is 12.8 Å². The van der Waals surface area contributed by atoms with Crippen LogP contribution in [-0.2, 0) is 0 Å². The molecule has 1 fully saturated rings. The summed E-state index contributed by atoms with van der Waals surface area (Å²) in [7, 11) is 0. The Hall–Kier alpha value is -3.17. The number of carbonyl (C=O) groups is 2. The van der Waals surface area contributed by atoms with Crippen molar-refractivity contribution < 1.29 is 14.3 Å².